The Labute approximate surface area is 176 Å². The summed E-state index contributed by atoms with van der Waals surface area (Å²) in [5.41, 5.74) is 4.60. The first-order valence-corrected chi connectivity index (χ1v) is 10.8. The van der Waals surface area contributed by atoms with Crippen LogP contribution in [0, 0.1) is 19.8 Å². The Morgan fingerprint density at radius 2 is 1.79 bits per heavy atom. The van der Waals surface area contributed by atoms with E-state index in [-0.39, 0.29) is 0 Å². The van der Waals surface area contributed by atoms with Crippen molar-refractivity contribution < 1.29 is 9.84 Å². The zero-order valence-corrected chi connectivity index (χ0v) is 18.4. The maximum atomic E-state index is 9.99. The largest absolute Gasteiger partial charge is 0.507 e. The second kappa shape index (κ2) is 10.1. The fourth-order valence-electron chi connectivity index (χ4n) is 4.54. The highest BCUT2D eigenvalue weighted by molar-refractivity contribution is 5.42. The highest BCUT2D eigenvalue weighted by atomic mass is 16.5. The van der Waals surface area contributed by atoms with Gasteiger partial charge >= 0.3 is 0 Å². The van der Waals surface area contributed by atoms with Crippen molar-refractivity contribution in [3.8, 4) is 11.5 Å². The minimum Gasteiger partial charge on any atom is -0.507 e. The number of hydrogen-bond donors (Lipinski definition) is 1. The number of aryl methyl sites for hydroxylation is 2. The molecule has 1 aliphatic rings. The van der Waals surface area contributed by atoms with Crippen molar-refractivity contribution in [1.29, 1.82) is 0 Å². The summed E-state index contributed by atoms with van der Waals surface area (Å²) >= 11 is 0. The molecule has 2 aromatic rings. The summed E-state index contributed by atoms with van der Waals surface area (Å²) in [4.78, 5) is 5.06. The summed E-state index contributed by atoms with van der Waals surface area (Å²) in [6.07, 6.45) is 3.70. The summed E-state index contributed by atoms with van der Waals surface area (Å²) in [5.74, 6) is 2.08. The second-order valence-corrected chi connectivity index (χ2v) is 8.68. The molecule has 3 rings (SSSR count). The van der Waals surface area contributed by atoms with Crippen LogP contribution in [-0.2, 0) is 13.0 Å². The Morgan fingerprint density at radius 3 is 2.45 bits per heavy atom. The topological polar surface area (TPSA) is 35.9 Å². The van der Waals surface area contributed by atoms with Crippen LogP contribution in [0.5, 0.6) is 11.5 Å². The normalized spacial score (nSPS) is 17.6. The SMILES string of the molecule is COc1ccc(CCN2CCC[C@H](CN(C)Cc3cc(C)c(O)c(C)c3)C2)cc1. The van der Waals surface area contributed by atoms with Gasteiger partial charge in [-0.25, -0.2) is 0 Å². The molecule has 4 heteroatoms. The van der Waals surface area contributed by atoms with E-state index in [2.05, 4.69) is 53.2 Å². The Bertz CT molecular complexity index is 765. The highest BCUT2D eigenvalue weighted by Gasteiger charge is 2.21. The van der Waals surface area contributed by atoms with Gasteiger partial charge in [0.1, 0.15) is 11.5 Å². The maximum Gasteiger partial charge on any atom is 0.121 e. The molecule has 1 aliphatic heterocycles. The van der Waals surface area contributed by atoms with E-state index in [0.29, 0.717) is 5.75 Å². The molecule has 1 fully saturated rings. The van der Waals surface area contributed by atoms with E-state index in [1.54, 1.807) is 7.11 Å². The Kier molecular flexibility index (Phi) is 7.57. The van der Waals surface area contributed by atoms with Crippen molar-refractivity contribution in [2.24, 2.45) is 5.92 Å². The minimum absolute atomic E-state index is 0.427. The van der Waals surface area contributed by atoms with E-state index in [1.165, 1.54) is 37.1 Å². The highest BCUT2D eigenvalue weighted by Crippen LogP contribution is 2.24. The lowest BCUT2D eigenvalue weighted by Gasteiger charge is -2.35. The second-order valence-electron chi connectivity index (χ2n) is 8.68. The average molecular weight is 397 g/mol. The van der Waals surface area contributed by atoms with Crippen LogP contribution < -0.4 is 4.74 Å². The minimum atomic E-state index is 0.427. The van der Waals surface area contributed by atoms with Crippen LogP contribution in [0.4, 0.5) is 0 Å². The van der Waals surface area contributed by atoms with Gasteiger partial charge in [-0.15, -0.1) is 0 Å². The third kappa shape index (κ3) is 6.22. The molecule has 0 spiro atoms. The van der Waals surface area contributed by atoms with E-state index < -0.39 is 0 Å². The number of nitrogens with zero attached hydrogens (tertiary/aromatic N) is 2. The quantitative estimate of drug-likeness (QED) is 0.717. The van der Waals surface area contributed by atoms with Crippen molar-refractivity contribution in [2.45, 2.75) is 39.7 Å². The zero-order chi connectivity index (χ0) is 20.8. The van der Waals surface area contributed by atoms with Gasteiger partial charge in [0, 0.05) is 26.2 Å². The van der Waals surface area contributed by atoms with Crippen LogP contribution in [0.15, 0.2) is 36.4 Å². The summed E-state index contributed by atoms with van der Waals surface area (Å²) in [5, 5.41) is 9.99. The number of aromatic hydroxyl groups is 1. The Hall–Kier alpha value is -2.04. The van der Waals surface area contributed by atoms with Gasteiger partial charge in [0.05, 0.1) is 7.11 Å². The molecule has 1 heterocycles. The summed E-state index contributed by atoms with van der Waals surface area (Å²) in [6.45, 7) is 9.55. The third-order valence-corrected chi connectivity index (χ3v) is 6.05. The van der Waals surface area contributed by atoms with Crippen LogP contribution in [0.25, 0.3) is 0 Å². The van der Waals surface area contributed by atoms with Crippen LogP contribution in [0.1, 0.15) is 35.1 Å². The molecule has 158 valence electrons. The number of methoxy groups -OCH3 is 1. The molecule has 0 saturated carbocycles. The lowest BCUT2D eigenvalue weighted by Crippen LogP contribution is -2.40. The lowest BCUT2D eigenvalue weighted by atomic mass is 9.96. The van der Waals surface area contributed by atoms with Crippen LogP contribution in [0.2, 0.25) is 0 Å². The molecular formula is C25H36N2O2. The number of ether oxygens (including phenoxy) is 1. The van der Waals surface area contributed by atoms with Gasteiger partial charge in [0.25, 0.3) is 0 Å². The van der Waals surface area contributed by atoms with Crippen LogP contribution in [-0.4, -0.2) is 55.2 Å². The van der Waals surface area contributed by atoms with Gasteiger partial charge in [-0.2, -0.15) is 0 Å². The maximum absolute atomic E-state index is 9.99. The number of likely N-dealkylation sites (tertiary alicyclic amines) is 1. The summed E-state index contributed by atoms with van der Waals surface area (Å²) < 4.78 is 5.25. The molecule has 1 saturated heterocycles. The van der Waals surface area contributed by atoms with Gasteiger partial charge in [-0.1, -0.05) is 24.3 Å². The zero-order valence-electron chi connectivity index (χ0n) is 18.4. The number of phenolic OH excluding ortho intramolecular Hbond substituents is 1. The lowest BCUT2D eigenvalue weighted by molar-refractivity contribution is 0.142. The van der Waals surface area contributed by atoms with Crippen molar-refractivity contribution in [3.05, 3.63) is 58.7 Å². The first kappa shape index (κ1) is 21.7. The number of phenols is 1. The molecule has 1 atom stereocenters. The summed E-state index contributed by atoms with van der Waals surface area (Å²) in [7, 11) is 3.93. The standard InChI is InChI=1S/C25H36N2O2/c1-19-14-23(15-20(2)25(19)28)17-26(3)16-22-6-5-12-27(18-22)13-11-21-7-9-24(29-4)10-8-21/h7-10,14-15,22,28H,5-6,11-13,16-18H2,1-4H3/t22-/m1/s1. The van der Waals surface area contributed by atoms with Crippen molar-refractivity contribution in [3.63, 3.8) is 0 Å². The van der Waals surface area contributed by atoms with Crippen molar-refractivity contribution >= 4 is 0 Å². The van der Waals surface area contributed by atoms with Crippen LogP contribution >= 0.6 is 0 Å². The molecule has 0 aliphatic carbocycles. The monoisotopic (exact) mass is 396 g/mol. The number of benzene rings is 2. The van der Waals surface area contributed by atoms with Gasteiger partial charge in [-0.3, -0.25) is 0 Å². The molecule has 0 bridgehead atoms. The number of piperidine rings is 1. The van der Waals surface area contributed by atoms with Gasteiger partial charge in [0.2, 0.25) is 0 Å². The molecule has 0 unspecified atom stereocenters. The molecule has 0 radical (unpaired) electrons. The van der Waals surface area contributed by atoms with Gasteiger partial charge in [-0.05, 0) is 87.0 Å². The average Bonchev–Trinajstić information content (AvgIpc) is 2.71. The third-order valence-electron chi connectivity index (χ3n) is 6.05. The molecule has 2 aromatic carbocycles. The van der Waals surface area contributed by atoms with E-state index in [1.807, 2.05) is 13.8 Å². The first-order chi connectivity index (χ1) is 13.9. The van der Waals surface area contributed by atoms with E-state index in [4.69, 9.17) is 4.74 Å². The van der Waals surface area contributed by atoms with E-state index in [0.717, 1.165) is 48.8 Å². The molecular weight excluding hydrogens is 360 g/mol. The van der Waals surface area contributed by atoms with E-state index in [9.17, 15) is 5.11 Å². The predicted octanol–water partition coefficient (Wildman–Crippen LogP) is 4.40. The first-order valence-electron chi connectivity index (χ1n) is 10.8. The number of rotatable bonds is 8. The molecule has 0 amide bonds. The molecule has 0 aromatic heterocycles. The van der Waals surface area contributed by atoms with E-state index >= 15 is 0 Å². The van der Waals surface area contributed by atoms with Crippen molar-refractivity contribution in [1.82, 2.24) is 9.80 Å². The predicted molar refractivity (Wildman–Crippen MR) is 120 cm³/mol. The van der Waals surface area contributed by atoms with Crippen LogP contribution in [0.3, 0.4) is 0 Å². The fraction of sp³-hybridized carbons (Fsp3) is 0.520. The van der Waals surface area contributed by atoms with Crippen molar-refractivity contribution in [2.75, 3.05) is 40.3 Å². The smallest absolute Gasteiger partial charge is 0.121 e. The fourth-order valence-corrected chi connectivity index (χ4v) is 4.54. The Balaban J connectivity index is 1.47. The molecule has 4 nitrogen and oxygen atoms in total. The van der Waals surface area contributed by atoms with Gasteiger partial charge in [0.15, 0.2) is 0 Å². The molecule has 29 heavy (non-hydrogen) atoms. The Morgan fingerprint density at radius 1 is 1.10 bits per heavy atom. The van der Waals surface area contributed by atoms with Gasteiger partial charge < -0.3 is 19.6 Å². The summed E-state index contributed by atoms with van der Waals surface area (Å²) in [6, 6.07) is 12.7. The number of hydrogen-bond acceptors (Lipinski definition) is 4. The molecule has 1 N–H and O–H groups in total.